The van der Waals surface area contributed by atoms with Gasteiger partial charge in [0.05, 0.1) is 5.56 Å². The number of aromatic amines is 1. The standard InChI is InChI=1S/C10H12N2O2/c13-9-4-3-8(6-11-9)10(14)12-5-7-1-2-7/h3-4,6-7H,1-2,5H2,(H,11,13)(H,12,14). The summed E-state index contributed by atoms with van der Waals surface area (Å²) >= 11 is 0. The van der Waals surface area contributed by atoms with E-state index in [0.717, 1.165) is 6.54 Å². The summed E-state index contributed by atoms with van der Waals surface area (Å²) in [6.07, 6.45) is 3.86. The van der Waals surface area contributed by atoms with Gasteiger partial charge in [0.1, 0.15) is 0 Å². The van der Waals surface area contributed by atoms with Crippen LogP contribution in [0.1, 0.15) is 23.2 Å². The fraction of sp³-hybridized carbons (Fsp3) is 0.400. The summed E-state index contributed by atoms with van der Waals surface area (Å²) < 4.78 is 0. The number of H-pyrrole nitrogens is 1. The maximum atomic E-state index is 11.5. The zero-order valence-corrected chi connectivity index (χ0v) is 7.75. The van der Waals surface area contributed by atoms with Crippen molar-refractivity contribution in [3.05, 3.63) is 34.2 Å². The molecule has 1 aliphatic carbocycles. The molecule has 0 saturated heterocycles. The van der Waals surface area contributed by atoms with E-state index in [2.05, 4.69) is 10.3 Å². The topological polar surface area (TPSA) is 62.0 Å². The Kier molecular flexibility index (Phi) is 2.35. The third-order valence-corrected chi connectivity index (χ3v) is 2.29. The smallest absolute Gasteiger partial charge is 0.252 e. The SMILES string of the molecule is O=C(NCC1CC1)c1ccc(=O)[nH]c1. The molecule has 2 N–H and O–H groups in total. The number of rotatable bonds is 3. The number of hydrogen-bond donors (Lipinski definition) is 2. The quantitative estimate of drug-likeness (QED) is 0.733. The van der Waals surface area contributed by atoms with Crippen LogP contribution in [0, 0.1) is 5.92 Å². The largest absolute Gasteiger partial charge is 0.352 e. The van der Waals surface area contributed by atoms with Crippen LogP contribution in [-0.4, -0.2) is 17.4 Å². The van der Waals surface area contributed by atoms with Crippen molar-refractivity contribution in [2.75, 3.05) is 6.54 Å². The number of aromatic nitrogens is 1. The molecule has 1 aromatic rings. The van der Waals surface area contributed by atoms with Crippen molar-refractivity contribution in [3.63, 3.8) is 0 Å². The summed E-state index contributed by atoms with van der Waals surface area (Å²) in [5, 5.41) is 2.82. The molecule has 0 unspecified atom stereocenters. The van der Waals surface area contributed by atoms with E-state index in [1.54, 1.807) is 0 Å². The fourth-order valence-corrected chi connectivity index (χ4v) is 1.21. The van der Waals surface area contributed by atoms with Crippen molar-refractivity contribution in [2.45, 2.75) is 12.8 Å². The molecule has 1 fully saturated rings. The summed E-state index contributed by atoms with van der Waals surface area (Å²) in [6, 6.07) is 2.88. The van der Waals surface area contributed by atoms with E-state index >= 15 is 0 Å². The first-order valence-electron chi connectivity index (χ1n) is 4.72. The molecule has 0 bridgehead atoms. The number of pyridine rings is 1. The molecule has 2 rings (SSSR count). The van der Waals surface area contributed by atoms with Gasteiger partial charge < -0.3 is 10.3 Å². The third-order valence-electron chi connectivity index (χ3n) is 2.29. The molecule has 14 heavy (non-hydrogen) atoms. The van der Waals surface area contributed by atoms with Crippen LogP contribution in [0.15, 0.2) is 23.1 Å². The van der Waals surface area contributed by atoms with Crippen molar-refractivity contribution in [1.82, 2.24) is 10.3 Å². The van der Waals surface area contributed by atoms with Gasteiger partial charge in [0, 0.05) is 18.8 Å². The average Bonchev–Trinajstić information content (AvgIpc) is 2.99. The molecule has 1 saturated carbocycles. The van der Waals surface area contributed by atoms with Crippen LogP contribution in [0.4, 0.5) is 0 Å². The van der Waals surface area contributed by atoms with Gasteiger partial charge in [-0.25, -0.2) is 0 Å². The summed E-state index contributed by atoms with van der Waals surface area (Å²) in [6.45, 7) is 0.748. The first kappa shape index (κ1) is 8.99. The lowest BCUT2D eigenvalue weighted by atomic mass is 10.2. The molecule has 1 aromatic heterocycles. The van der Waals surface area contributed by atoms with Gasteiger partial charge in [-0.1, -0.05) is 0 Å². The van der Waals surface area contributed by atoms with E-state index in [4.69, 9.17) is 0 Å². The highest BCUT2D eigenvalue weighted by Gasteiger charge is 2.21. The molecular weight excluding hydrogens is 180 g/mol. The lowest BCUT2D eigenvalue weighted by molar-refractivity contribution is 0.0951. The minimum absolute atomic E-state index is 0.117. The third kappa shape index (κ3) is 2.22. The summed E-state index contributed by atoms with van der Waals surface area (Å²) in [5.74, 6) is 0.551. The van der Waals surface area contributed by atoms with Gasteiger partial charge in [0.25, 0.3) is 5.91 Å². The first-order valence-corrected chi connectivity index (χ1v) is 4.72. The Hall–Kier alpha value is -1.58. The Morgan fingerprint density at radius 2 is 2.29 bits per heavy atom. The molecule has 74 valence electrons. The highest BCUT2D eigenvalue weighted by molar-refractivity contribution is 5.93. The van der Waals surface area contributed by atoms with Gasteiger partial charge in [-0.15, -0.1) is 0 Å². The van der Waals surface area contributed by atoms with Gasteiger partial charge in [0.15, 0.2) is 0 Å². The number of carbonyl (C=O) groups excluding carboxylic acids is 1. The minimum Gasteiger partial charge on any atom is -0.352 e. The van der Waals surface area contributed by atoms with Crippen LogP contribution in [-0.2, 0) is 0 Å². The zero-order valence-electron chi connectivity index (χ0n) is 7.75. The van der Waals surface area contributed by atoms with Crippen LogP contribution in [0.5, 0.6) is 0 Å². The van der Waals surface area contributed by atoms with Gasteiger partial charge in [-0.05, 0) is 24.8 Å². The van der Waals surface area contributed by atoms with Gasteiger partial charge in [-0.3, -0.25) is 9.59 Å². The minimum atomic E-state index is -0.191. The highest BCUT2D eigenvalue weighted by atomic mass is 16.1. The van der Waals surface area contributed by atoms with E-state index in [1.807, 2.05) is 0 Å². The van der Waals surface area contributed by atoms with E-state index in [9.17, 15) is 9.59 Å². The molecule has 4 heteroatoms. The first-order chi connectivity index (χ1) is 6.75. The highest BCUT2D eigenvalue weighted by Crippen LogP contribution is 2.27. The number of hydrogen-bond acceptors (Lipinski definition) is 2. The van der Waals surface area contributed by atoms with Crippen molar-refractivity contribution >= 4 is 5.91 Å². The Balaban J connectivity index is 1.95. The normalized spacial score (nSPS) is 15.1. The molecule has 1 aliphatic rings. The second kappa shape index (κ2) is 3.65. The Morgan fingerprint density at radius 1 is 1.50 bits per heavy atom. The van der Waals surface area contributed by atoms with E-state index in [1.165, 1.54) is 31.2 Å². The Labute approximate surface area is 81.3 Å². The van der Waals surface area contributed by atoms with Crippen molar-refractivity contribution < 1.29 is 4.79 Å². The number of carbonyl (C=O) groups is 1. The Bertz CT molecular complexity index is 373. The summed E-state index contributed by atoms with van der Waals surface area (Å²) in [4.78, 5) is 24.7. The van der Waals surface area contributed by atoms with Crippen LogP contribution in [0.3, 0.4) is 0 Å². The van der Waals surface area contributed by atoms with E-state index in [0.29, 0.717) is 11.5 Å². The fourth-order valence-electron chi connectivity index (χ4n) is 1.21. The summed E-state index contributed by atoms with van der Waals surface area (Å²) in [7, 11) is 0. The van der Waals surface area contributed by atoms with Gasteiger partial charge >= 0.3 is 0 Å². The van der Waals surface area contributed by atoms with Crippen LogP contribution >= 0.6 is 0 Å². The molecule has 4 nitrogen and oxygen atoms in total. The van der Waals surface area contributed by atoms with Crippen molar-refractivity contribution in [1.29, 1.82) is 0 Å². The molecular formula is C10H12N2O2. The molecule has 0 radical (unpaired) electrons. The van der Waals surface area contributed by atoms with Crippen LogP contribution in [0.2, 0.25) is 0 Å². The maximum absolute atomic E-state index is 11.5. The molecule has 0 aliphatic heterocycles. The molecule has 1 heterocycles. The number of amides is 1. The van der Waals surface area contributed by atoms with Gasteiger partial charge in [0.2, 0.25) is 5.56 Å². The van der Waals surface area contributed by atoms with Gasteiger partial charge in [-0.2, -0.15) is 0 Å². The Morgan fingerprint density at radius 3 is 2.86 bits per heavy atom. The lowest BCUT2D eigenvalue weighted by Crippen LogP contribution is -2.26. The van der Waals surface area contributed by atoms with E-state index in [-0.39, 0.29) is 11.5 Å². The van der Waals surface area contributed by atoms with E-state index < -0.39 is 0 Å². The van der Waals surface area contributed by atoms with Crippen LogP contribution < -0.4 is 10.9 Å². The maximum Gasteiger partial charge on any atom is 0.252 e. The average molecular weight is 192 g/mol. The number of nitrogens with one attached hydrogen (secondary N) is 2. The molecule has 0 aromatic carbocycles. The van der Waals surface area contributed by atoms with Crippen LogP contribution in [0.25, 0.3) is 0 Å². The molecule has 1 amide bonds. The van der Waals surface area contributed by atoms with Crippen molar-refractivity contribution in [3.8, 4) is 0 Å². The lowest BCUT2D eigenvalue weighted by Gasteiger charge is -2.02. The predicted octanol–water partition coefficient (Wildman–Crippen LogP) is 0.515. The molecule has 0 spiro atoms. The second-order valence-corrected chi connectivity index (χ2v) is 3.60. The summed E-state index contributed by atoms with van der Waals surface area (Å²) in [5.41, 5.74) is 0.314. The predicted molar refractivity (Wildman–Crippen MR) is 52.1 cm³/mol. The monoisotopic (exact) mass is 192 g/mol. The second-order valence-electron chi connectivity index (χ2n) is 3.60. The zero-order chi connectivity index (χ0) is 9.97. The molecule has 0 atom stereocenters. The van der Waals surface area contributed by atoms with Crippen molar-refractivity contribution in [2.24, 2.45) is 5.92 Å².